The Balaban J connectivity index is 2.02. The number of hydrogen-bond acceptors (Lipinski definition) is 4. The molecule has 0 bridgehead atoms. The molecule has 0 saturated carbocycles. The van der Waals surface area contributed by atoms with Gasteiger partial charge in [-0.25, -0.2) is 0 Å². The van der Waals surface area contributed by atoms with Crippen molar-refractivity contribution in [2.45, 2.75) is 63.6 Å². The molecule has 0 aromatic heterocycles. The number of aliphatic hydroxyl groups excluding tert-OH is 1. The summed E-state index contributed by atoms with van der Waals surface area (Å²) < 4.78 is 34.8. The van der Waals surface area contributed by atoms with Crippen LogP contribution in [0.5, 0.6) is 0 Å². The smallest absolute Gasteiger partial charge is 0.280 e. The summed E-state index contributed by atoms with van der Waals surface area (Å²) in [6.45, 7) is 4.91. The van der Waals surface area contributed by atoms with Crippen molar-refractivity contribution in [3.05, 3.63) is 0 Å². The maximum atomic E-state index is 12.5. The van der Waals surface area contributed by atoms with Gasteiger partial charge in [0.15, 0.2) is 0 Å². The van der Waals surface area contributed by atoms with Crippen LogP contribution in [-0.2, 0) is 14.9 Å². The Labute approximate surface area is 121 Å². The lowest BCUT2D eigenvalue weighted by Crippen LogP contribution is -2.54. The SMILES string of the molecule is CC1(C)CC(NS(=O)(=O)N2CCCCC2CO)CCO1. The molecule has 20 heavy (non-hydrogen) atoms. The topological polar surface area (TPSA) is 78.9 Å². The zero-order chi connectivity index (χ0) is 14.8. The number of piperidine rings is 1. The van der Waals surface area contributed by atoms with E-state index in [1.54, 1.807) is 0 Å². The van der Waals surface area contributed by atoms with E-state index in [0.29, 0.717) is 26.0 Å². The number of aliphatic hydroxyl groups is 1. The minimum atomic E-state index is -3.53. The van der Waals surface area contributed by atoms with E-state index in [9.17, 15) is 13.5 Å². The monoisotopic (exact) mass is 306 g/mol. The van der Waals surface area contributed by atoms with Gasteiger partial charge in [-0.1, -0.05) is 6.42 Å². The van der Waals surface area contributed by atoms with Gasteiger partial charge in [-0.05, 0) is 39.5 Å². The van der Waals surface area contributed by atoms with Crippen molar-refractivity contribution in [3.63, 3.8) is 0 Å². The summed E-state index contributed by atoms with van der Waals surface area (Å²) in [6, 6.07) is -0.376. The van der Waals surface area contributed by atoms with Crippen LogP contribution >= 0.6 is 0 Å². The van der Waals surface area contributed by atoms with E-state index in [-0.39, 0.29) is 24.3 Å². The summed E-state index contributed by atoms with van der Waals surface area (Å²) in [5, 5.41) is 9.36. The fourth-order valence-electron chi connectivity index (χ4n) is 3.08. The van der Waals surface area contributed by atoms with E-state index in [0.717, 1.165) is 19.3 Å². The fourth-order valence-corrected chi connectivity index (χ4v) is 4.78. The van der Waals surface area contributed by atoms with Crippen molar-refractivity contribution in [1.29, 1.82) is 0 Å². The largest absolute Gasteiger partial charge is 0.395 e. The van der Waals surface area contributed by atoms with Crippen LogP contribution in [0.1, 0.15) is 46.0 Å². The Morgan fingerprint density at radius 3 is 2.75 bits per heavy atom. The van der Waals surface area contributed by atoms with Crippen molar-refractivity contribution < 1.29 is 18.3 Å². The molecule has 2 aliphatic heterocycles. The van der Waals surface area contributed by atoms with E-state index in [1.807, 2.05) is 13.8 Å². The van der Waals surface area contributed by atoms with E-state index < -0.39 is 10.2 Å². The molecule has 2 fully saturated rings. The van der Waals surface area contributed by atoms with Crippen molar-refractivity contribution in [1.82, 2.24) is 9.03 Å². The lowest BCUT2D eigenvalue weighted by Gasteiger charge is -2.38. The third-order valence-electron chi connectivity index (χ3n) is 4.11. The quantitative estimate of drug-likeness (QED) is 0.798. The van der Waals surface area contributed by atoms with Gasteiger partial charge in [-0.2, -0.15) is 17.4 Å². The highest BCUT2D eigenvalue weighted by Crippen LogP contribution is 2.26. The van der Waals surface area contributed by atoms with Gasteiger partial charge in [0.25, 0.3) is 10.2 Å². The van der Waals surface area contributed by atoms with Gasteiger partial charge in [0.1, 0.15) is 0 Å². The minimum Gasteiger partial charge on any atom is -0.395 e. The molecule has 2 aliphatic rings. The van der Waals surface area contributed by atoms with Crippen LogP contribution < -0.4 is 4.72 Å². The number of ether oxygens (including phenoxy) is 1. The van der Waals surface area contributed by atoms with Crippen molar-refractivity contribution in [3.8, 4) is 0 Å². The summed E-state index contributed by atoms with van der Waals surface area (Å²) in [7, 11) is -3.53. The van der Waals surface area contributed by atoms with E-state index in [4.69, 9.17) is 4.74 Å². The van der Waals surface area contributed by atoms with Crippen LogP contribution in [0.3, 0.4) is 0 Å². The Bertz CT molecular complexity index is 424. The highest BCUT2D eigenvalue weighted by Gasteiger charge is 2.36. The molecule has 0 aliphatic carbocycles. The summed E-state index contributed by atoms with van der Waals surface area (Å²) in [5.74, 6) is 0. The summed E-state index contributed by atoms with van der Waals surface area (Å²) in [5.41, 5.74) is -0.288. The highest BCUT2D eigenvalue weighted by atomic mass is 32.2. The van der Waals surface area contributed by atoms with Crippen LogP contribution in [0, 0.1) is 0 Å². The normalized spacial score (nSPS) is 32.1. The number of nitrogens with one attached hydrogen (secondary N) is 1. The average Bonchev–Trinajstić information content (AvgIpc) is 2.37. The molecule has 2 atom stereocenters. The van der Waals surface area contributed by atoms with Crippen molar-refractivity contribution in [2.75, 3.05) is 19.8 Å². The Morgan fingerprint density at radius 2 is 2.10 bits per heavy atom. The van der Waals surface area contributed by atoms with E-state index >= 15 is 0 Å². The second kappa shape index (κ2) is 6.27. The lowest BCUT2D eigenvalue weighted by molar-refractivity contribution is -0.0601. The lowest BCUT2D eigenvalue weighted by atomic mass is 9.95. The maximum Gasteiger partial charge on any atom is 0.280 e. The molecule has 2 rings (SSSR count). The van der Waals surface area contributed by atoms with Crippen LogP contribution in [0.25, 0.3) is 0 Å². The number of hydrogen-bond donors (Lipinski definition) is 2. The van der Waals surface area contributed by atoms with Gasteiger partial charge in [0, 0.05) is 25.2 Å². The van der Waals surface area contributed by atoms with Crippen LogP contribution in [-0.4, -0.2) is 55.3 Å². The van der Waals surface area contributed by atoms with Gasteiger partial charge in [0.05, 0.1) is 12.2 Å². The zero-order valence-electron chi connectivity index (χ0n) is 12.3. The van der Waals surface area contributed by atoms with Crippen molar-refractivity contribution >= 4 is 10.2 Å². The maximum absolute atomic E-state index is 12.5. The fraction of sp³-hybridized carbons (Fsp3) is 1.00. The third-order valence-corrected chi connectivity index (χ3v) is 5.83. The molecule has 2 heterocycles. The van der Waals surface area contributed by atoms with Crippen LogP contribution in [0.15, 0.2) is 0 Å². The van der Waals surface area contributed by atoms with Gasteiger partial charge in [0.2, 0.25) is 0 Å². The molecule has 0 aromatic carbocycles. The molecule has 0 aromatic rings. The molecule has 0 radical (unpaired) electrons. The second-order valence-corrected chi connectivity index (χ2v) is 8.02. The molecule has 118 valence electrons. The van der Waals surface area contributed by atoms with Crippen LogP contribution in [0.2, 0.25) is 0 Å². The molecular weight excluding hydrogens is 280 g/mol. The third kappa shape index (κ3) is 3.92. The molecule has 7 heteroatoms. The predicted octanol–water partition coefficient (Wildman–Crippen LogP) is 0.625. The van der Waals surface area contributed by atoms with Gasteiger partial charge in [-0.3, -0.25) is 0 Å². The minimum absolute atomic E-state index is 0.0926. The number of nitrogens with zero attached hydrogens (tertiary/aromatic N) is 1. The van der Waals surface area contributed by atoms with Crippen molar-refractivity contribution in [2.24, 2.45) is 0 Å². The standard InChI is InChI=1S/C13H26N2O4S/c1-13(2)9-11(6-8-19-13)14-20(17,18)15-7-4-3-5-12(15)10-16/h11-12,14,16H,3-10H2,1-2H3. The van der Waals surface area contributed by atoms with E-state index in [1.165, 1.54) is 4.31 Å². The summed E-state index contributed by atoms with van der Waals surface area (Å²) in [6.07, 6.45) is 3.93. The Morgan fingerprint density at radius 1 is 1.35 bits per heavy atom. The van der Waals surface area contributed by atoms with E-state index in [2.05, 4.69) is 4.72 Å². The second-order valence-electron chi connectivity index (χ2n) is 6.36. The molecule has 2 saturated heterocycles. The van der Waals surface area contributed by atoms with Gasteiger partial charge >= 0.3 is 0 Å². The first-order valence-corrected chi connectivity index (χ1v) is 8.82. The molecule has 6 nitrogen and oxygen atoms in total. The zero-order valence-corrected chi connectivity index (χ0v) is 13.2. The molecule has 2 unspecified atom stereocenters. The number of rotatable bonds is 4. The average molecular weight is 306 g/mol. The molecular formula is C13H26N2O4S. The van der Waals surface area contributed by atoms with Crippen LogP contribution in [0.4, 0.5) is 0 Å². The molecule has 0 amide bonds. The van der Waals surface area contributed by atoms with Gasteiger partial charge in [-0.15, -0.1) is 0 Å². The summed E-state index contributed by atoms with van der Waals surface area (Å²) in [4.78, 5) is 0. The highest BCUT2D eigenvalue weighted by molar-refractivity contribution is 7.87. The first-order valence-electron chi connectivity index (χ1n) is 7.38. The molecule has 2 N–H and O–H groups in total. The predicted molar refractivity (Wildman–Crippen MR) is 76.5 cm³/mol. The Kier molecular flexibility index (Phi) is 5.07. The first-order chi connectivity index (χ1) is 9.34. The van der Waals surface area contributed by atoms with Gasteiger partial charge < -0.3 is 9.84 Å². The molecule has 0 spiro atoms. The summed E-state index contributed by atoms with van der Waals surface area (Å²) >= 11 is 0. The first kappa shape index (κ1) is 16.2. The Hall–Kier alpha value is -0.210.